The van der Waals surface area contributed by atoms with E-state index in [2.05, 4.69) is 87.4 Å². The maximum Gasteiger partial charge on any atom is 0.0633 e. The van der Waals surface area contributed by atoms with E-state index in [0.29, 0.717) is 6.04 Å². The Balaban J connectivity index is 2.26. The number of para-hydroxylation sites is 1. The van der Waals surface area contributed by atoms with Crippen LogP contribution in [0.5, 0.6) is 0 Å². The summed E-state index contributed by atoms with van der Waals surface area (Å²) in [5, 5.41) is 3.61. The fourth-order valence-electron chi connectivity index (χ4n) is 2.03. The second-order valence-corrected chi connectivity index (χ2v) is 6.32. The van der Waals surface area contributed by atoms with E-state index in [-0.39, 0.29) is 0 Å². The van der Waals surface area contributed by atoms with Crippen LogP contribution < -0.4 is 5.32 Å². The third-order valence-corrected chi connectivity index (χ3v) is 4.49. The summed E-state index contributed by atoms with van der Waals surface area (Å²) in [7, 11) is 0. The van der Waals surface area contributed by atoms with Gasteiger partial charge in [-0.3, -0.25) is 0 Å². The molecule has 1 unspecified atom stereocenters. The van der Waals surface area contributed by atoms with Crippen molar-refractivity contribution < 1.29 is 0 Å². The van der Waals surface area contributed by atoms with Gasteiger partial charge in [0.25, 0.3) is 0 Å². The lowest BCUT2D eigenvalue weighted by Crippen LogP contribution is -2.10. The average Bonchev–Trinajstić information content (AvgIpc) is 2.40. The van der Waals surface area contributed by atoms with Gasteiger partial charge in [-0.15, -0.1) is 0 Å². The Labute approximate surface area is 131 Å². The Morgan fingerprint density at radius 2 is 1.58 bits per heavy atom. The molecule has 0 fully saturated rings. The molecule has 1 atom stereocenters. The van der Waals surface area contributed by atoms with E-state index in [1.165, 1.54) is 11.1 Å². The van der Waals surface area contributed by atoms with Crippen LogP contribution >= 0.6 is 31.9 Å². The van der Waals surface area contributed by atoms with Gasteiger partial charge in [0.2, 0.25) is 0 Å². The maximum atomic E-state index is 3.61. The molecule has 100 valence electrons. The van der Waals surface area contributed by atoms with Crippen molar-refractivity contribution >= 4 is 37.5 Å². The van der Waals surface area contributed by atoms with Gasteiger partial charge in [-0.05, 0) is 62.9 Å². The summed E-state index contributed by atoms with van der Waals surface area (Å²) in [6.07, 6.45) is 1.04. The van der Waals surface area contributed by atoms with E-state index < -0.39 is 0 Å². The zero-order valence-corrected chi connectivity index (χ0v) is 14.3. The summed E-state index contributed by atoms with van der Waals surface area (Å²) in [6.45, 7) is 4.31. The van der Waals surface area contributed by atoms with Crippen LogP contribution in [0.1, 0.15) is 30.5 Å². The van der Waals surface area contributed by atoms with Gasteiger partial charge in [-0.25, -0.2) is 0 Å². The largest absolute Gasteiger partial charge is 0.376 e. The standard InChI is InChI=1S/C16H17Br2N/c1-3-15(12-9-7-11(2)8-10-12)19-16-13(17)5-4-6-14(16)18/h4-10,15,19H,3H2,1-2H3. The van der Waals surface area contributed by atoms with Gasteiger partial charge in [0.1, 0.15) is 0 Å². The first kappa shape index (κ1) is 14.6. The first-order chi connectivity index (χ1) is 9.11. The minimum Gasteiger partial charge on any atom is -0.376 e. The topological polar surface area (TPSA) is 12.0 Å². The normalized spacial score (nSPS) is 12.2. The minimum atomic E-state index is 0.315. The molecular weight excluding hydrogens is 366 g/mol. The molecule has 0 heterocycles. The lowest BCUT2D eigenvalue weighted by atomic mass is 10.0. The van der Waals surface area contributed by atoms with E-state index in [0.717, 1.165) is 21.1 Å². The summed E-state index contributed by atoms with van der Waals surface area (Å²) in [5.41, 5.74) is 3.71. The van der Waals surface area contributed by atoms with Crippen molar-refractivity contribution in [2.45, 2.75) is 26.3 Å². The second-order valence-electron chi connectivity index (χ2n) is 4.61. The smallest absolute Gasteiger partial charge is 0.0633 e. The molecule has 0 amide bonds. The molecule has 2 aromatic carbocycles. The number of anilines is 1. The molecule has 0 bridgehead atoms. The van der Waals surface area contributed by atoms with E-state index in [9.17, 15) is 0 Å². The Morgan fingerprint density at radius 1 is 1.00 bits per heavy atom. The molecule has 19 heavy (non-hydrogen) atoms. The summed E-state index contributed by atoms with van der Waals surface area (Å²) in [4.78, 5) is 0. The molecule has 1 N–H and O–H groups in total. The Hall–Kier alpha value is -0.800. The van der Waals surface area contributed by atoms with Crippen LogP contribution in [0.4, 0.5) is 5.69 Å². The van der Waals surface area contributed by atoms with Crippen LogP contribution in [0.15, 0.2) is 51.4 Å². The Kier molecular flexibility index (Phi) is 5.06. The molecule has 0 aliphatic rings. The number of halogens is 2. The number of benzene rings is 2. The van der Waals surface area contributed by atoms with Crippen molar-refractivity contribution in [2.75, 3.05) is 5.32 Å². The van der Waals surface area contributed by atoms with Crippen molar-refractivity contribution in [3.63, 3.8) is 0 Å². The maximum absolute atomic E-state index is 3.61. The predicted molar refractivity (Wildman–Crippen MR) is 89.7 cm³/mol. The highest BCUT2D eigenvalue weighted by Gasteiger charge is 2.12. The van der Waals surface area contributed by atoms with E-state index >= 15 is 0 Å². The molecular formula is C16H17Br2N. The number of rotatable bonds is 4. The Bertz CT molecular complexity index is 529. The highest BCUT2D eigenvalue weighted by atomic mass is 79.9. The van der Waals surface area contributed by atoms with Crippen molar-refractivity contribution in [3.8, 4) is 0 Å². The van der Waals surface area contributed by atoms with Crippen LogP contribution in [-0.2, 0) is 0 Å². The molecule has 0 saturated carbocycles. The highest BCUT2D eigenvalue weighted by Crippen LogP contribution is 2.34. The summed E-state index contributed by atoms with van der Waals surface area (Å²) in [5.74, 6) is 0. The van der Waals surface area contributed by atoms with Crippen molar-refractivity contribution in [2.24, 2.45) is 0 Å². The molecule has 2 rings (SSSR count). The lowest BCUT2D eigenvalue weighted by Gasteiger charge is -2.21. The number of aryl methyl sites for hydroxylation is 1. The summed E-state index contributed by atoms with van der Waals surface area (Å²) < 4.78 is 2.15. The van der Waals surface area contributed by atoms with Crippen molar-refractivity contribution in [3.05, 3.63) is 62.5 Å². The molecule has 0 aliphatic heterocycles. The van der Waals surface area contributed by atoms with Gasteiger partial charge in [0, 0.05) is 8.95 Å². The van der Waals surface area contributed by atoms with Crippen molar-refractivity contribution in [1.29, 1.82) is 0 Å². The zero-order valence-electron chi connectivity index (χ0n) is 11.1. The van der Waals surface area contributed by atoms with Gasteiger partial charge in [0.05, 0.1) is 11.7 Å². The first-order valence-electron chi connectivity index (χ1n) is 6.39. The SMILES string of the molecule is CCC(Nc1c(Br)cccc1Br)c1ccc(C)cc1. The fourth-order valence-corrected chi connectivity index (χ4v) is 3.26. The monoisotopic (exact) mass is 381 g/mol. The molecule has 3 heteroatoms. The molecule has 0 spiro atoms. The summed E-state index contributed by atoms with van der Waals surface area (Å²) >= 11 is 7.19. The summed E-state index contributed by atoms with van der Waals surface area (Å²) in [6, 6.07) is 15.2. The van der Waals surface area contributed by atoms with Gasteiger partial charge in [-0.1, -0.05) is 42.8 Å². The minimum absolute atomic E-state index is 0.315. The van der Waals surface area contributed by atoms with Crippen molar-refractivity contribution in [1.82, 2.24) is 0 Å². The average molecular weight is 383 g/mol. The molecule has 0 radical (unpaired) electrons. The third kappa shape index (κ3) is 3.61. The van der Waals surface area contributed by atoms with Crippen LogP contribution in [0, 0.1) is 6.92 Å². The van der Waals surface area contributed by atoms with Gasteiger partial charge in [0.15, 0.2) is 0 Å². The molecule has 0 aromatic heterocycles. The Morgan fingerprint density at radius 3 is 2.11 bits per heavy atom. The molecule has 0 aliphatic carbocycles. The quantitative estimate of drug-likeness (QED) is 0.675. The van der Waals surface area contributed by atoms with Crippen LogP contribution in [0.25, 0.3) is 0 Å². The van der Waals surface area contributed by atoms with Crippen LogP contribution in [-0.4, -0.2) is 0 Å². The van der Waals surface area contributed by atoms with Gasteiger partial charge >= 0.3 is 0 Å². The fraction of sp³-hybridized carbons (Fsp3) is 0.250. The predicted octanol–water partition coefficient (Wildman–Crippen LogP) is 6.08. The third-order valence-electron chi connectivity index (χ3n) is 3.17. The molecule has 1 nitrogen and oxygen atoms in total. The number of nitrogens with one attached hydrogen (secondary N) is 1. The highest BCUT2D eigenvalue weighted by molar-refractivity contribution is 9.11. The van der Waals surface area contributed by atoms with E-state index in [1.54, 1.807) is 0 Å². The molecule has 0 saturated heterocycles. The second kappa shape index (κ2) is 6.58. The number of hydrogen-bond acceptors (Lipinski definition) is 1. The number of hydrogen-bond donors (Lipinski definition) is 1. The first-order valence-corrected chi connectivity index (χ1v) is 7.97. The molecule has 2 aromatic rings. The zero-order chi connectivity index (χ0) is 13.8. The van der Waals surface area contributed by atoms with Gasteiger partial charge < -0.3 is 5.32 Å². The van der Waals surface area contributed by atoms with E-state index in [1.807, 2.05) is 6.07 Å². The van der Waals surface area contributed by atoms with Crippen LogP contribution in [0.3, 0.4) is 0 Å². The lowest BCUT2D eigenvalue weighted by molar-refractivity contribution is 0.748. The van der Waals surface area contributed by atoms with Crippen LogP contribution in [0.2, 0.25) is 0 Å². The van der Waals surface area contributed by atoms with Gasteiger partial charge in [-0.2, -0.15) is 0 Å². The van der Waals surface area contributed by atoms with E-state index in [4.69, 9.17) is 0 Å².